The molecule has 1 aromatic carbocycles. The summed E-state index contributed by atoms with van der Waals surface area (Å²) in [7, 11) is 0. The maximum absolute atomic E-state index is 12.5. The fraction of sp³-hybridized carbons (Fsp3) is 0.200. The van der Waals surface area contributed by atoms with Crippen LogP contribution < -0.4 is 5.32 Å². The number of hydrogen-bond acceptors (Lipinski definition) is 2. The van der Waals surface area contributed by atoms with E-state index in [4.69, 9.17) is 11.6 Å². The van der Waals surface area contributed by atoms with Gasteiger partial charge in [0.15, 0.2) is 0 Å². The number of amides is 1. The third kappa shape index (κ3) is 2.22. The van der Waals surface area contributed by atoms with Crippen molar-refractivity contribution in [2.75, 3.05) is 5.32 Å². The molecular weight excluding hydrogens is 260 g/mol. The Kier molecular flexibility index (Phi) is 2.99. The molecule has 0 saturated heterocycles. The molecule has 4 heteroatoms. The number of nitrogens with one attached hydrogen (secondary N) is 1. The van der Waals surface area contributed by atoms with E-state index < -0.39 is 5.41 Å². The molecule has 1 heterocycles. The van der Waals surface area contributed by atoms with Crippen LogP contribution in [0.1, 0.15) is 18.4 Å². The summed E-state index contributed by atoms with van der Waals surface area (Å²) in [5.41, 5.74) is 1.23. The van der Waals surface area contributed by atoms with Crippen LogP contribution in [-0.2, 0) is 10.2 Å². The number of aromatic nitrogens is 1. The topological polar surface area (TPSA) is 42.0 Å². The first-order valence-electron chi connectivity index (χ1n) is 6.19. The number of carbonyl (C=O) groups is 1. The third-order valence-electron chi connectivity index (χ3n) is 3.51. The van der Waals surface area contributed by atoms with E-state index in [1.807, 2.05) is 24.3 Å². The van der Waals surface area contributed by atoms with Crippen molar-refractivity contribution in [2.24, 2.45) is 0 Å². The molecule has 3 nitrogen and oxygen atoms in total. The molecular formula is C15H13ClN2O. The standard InChI is InChI=1S/C15H13ClN2O/c16-13-4-2-1-3-12(13)15(7-8-15)14(19)18-11-5-9-17-10-6-11/h1-6,9-10H,7-8H2,(H,17,18,19). The summed E-state index contributed by atoms with van der Waals surface area (Å²) in [5.74, 6) is 0.00630. The molecule has 1 aliphatic carbocycles. The van der Waals surface area contributed by atoms with Crippen molar-refractivity contribution in [3.63, 3.8) is 0 Å². The fourth-order valence-electron chi connectivity index (χ4n) is 2.28. The van der Waals surface area contributed by atoms with E-state index >= 15 is 0 Å². The van der Waals surface area contributed by atoms with E-state index in [1.165, 1.54) is 0 Å². The van der Waals surface area contributed by atoms with Crippen LogP contribution in [0.4, 0.5) is 5.69 Å². The highest BCUT2D eigenvalue weighted by Crippen LogP contribution is 2.51. The predicted octanol–water partition coefficient (Wildman–Crippen LogP) is 3.41. The third-order valence-corrected chi connectivity index (χ3v) is 3.84. The molecule has 19 heavy (non-hydrogen) atoms. The van der Waals surface area contributed by atoms with Crippen LogP contribution in [0.2, 0.25) is 5.02 Å². The van der Waals surface area contributed by atoms with Gasteiger partial charge in [-0.3, -0.25) is 9.78 Å². The summed E-state index contributed by atoms with van der Waals surface area (Å²) in [6.45, 7) is 0. The van der Waals surface area contributed by atoms with Gasteiger partial charge in [-0.15, -0.1) is 0 Å². The first-order valence-corrected chi connectivity index (χ1v) is 6.57. The van der Waals surface area contributed by atoms with E-state index in [0.29, 0.717) is 5.02 Å². The summed E-state index contributed by atoms with van der Waals surface area (Å²) in [6, 6.07) is 11.1. The second-order valence-electron chi connectivity index (χ2n) is 4.75. The molecule has 2 aromatic rings. The van der Waals surface area contributed by atoms with Crippen LogP contribution in [0.25, 0.3) is 0 Å². The molecule has 0 aliphatic heterocycles. The van der Waals surface area contributed by atoms with Gasteiger partial charge >= 0.3 is 0 Å². The van der Waals surface area contributed by atoms with Crippen molar-refractivity contribution in [1.29, 1.82) is 0 Å². The van der Waals surface area contributed by atoms with Gasteiger partial charge in [0.25, 0.3) is 0 Å². The number of nitrogens with zero attached hydrogens (tertiary/aromatic N) is 1. The summed E-state index contributed by atoms with van der Waals surface area (Å²) in [4.78, 5) is 16.4. The minimum absolute atomic E-state index is 0.00630. The molecule has 0 unspecified atom stereocenters. The van der Waals surface area contributed by atoms with E-state index in [1.54, 1.807) is 24.5 Å². The Balaban J connectivity index is 1.86. The normalized spacial score (nSPS) is 15.8. The Hall–Kier alpha value is -1.87. The second-order valence-corrected chi connectivity index (χ2v) is 5.16. The molecule has 1 amide bonds. The lowest BCUT2D eigenvalue weighted by atomic mass is 9.95. The van der Waals surface area contributed by atoms with Crippen molar-refractivity contribution >= 4 is 23.2 Å². The molecule has 0 radical (unpaired) electrons. The van der Waals surface area contributed by atoms with E-state index in [0.717, 1.165) is 24.1 Å². The molecule has 0 spiro atoms. The van der Waals surface area contributed by atoms with Crippen molar-refractivity contribution in [1.82, 2.24) is 4.98 Å². The molecule has 0 bridgehead atoms. The SMILES string of the molecule is O=C(Nc1ccncc1)C1(c2ccccc2Cl)CC1. The highest BCUT2D eigenvalue weighted by molar-refractivity contribution is 6.32. The predicted molar refractivity (Wildman–Crippen MR) is 75.2 cm³/mol. The average Bonchev–Trinajstić information content (AvgIpc) is 3.22. The van der Waals surface area contributed by atoms with Crippen molar-refractivity contribution in [2.45, 2.75) is 18.3 Å². The molecule has 1 fully saturated rings. The number of carbonyl (C=O) groups excluding carboxylic acids is 1. The van der Waals surface area contributed by atoms with E-state index in [-0.39, 0.29) is 5.91 Å². The van der Waals surface area contributed by atoms with Crippen LogP contribution in [0.5, 0.6) is 0 Å². The van der Waals surface area contributed by atoms with Crippen LogP contribution in [-0.4, -0.2) is 10.9 Å². The van der Waals surface area contributed by atoms with Gasteiger partial charge in [0.2, 0.25) is 5.91 Å². The summed E-state index contributed by atoms with van der Waals surface area (Å²) in [5, 5.41) is 3.59. The molecule has 0 atom stereocenters. The van der Waals surface area contributed by atoms with Gasteiger partial charge < -0.3 is 5.32 Å². The number of anilines is 1. The van der Waals surface area contributed by atoms with Crippen LogP contribution >= 0.6 is 11.6 Å². The van der Waals surface area contributed by atoms with Crippen LogP contribution in [0, 0.1) is 0 Å². The minimum atomic E-state index is -0.457. The monoisotopic (exact) mass is 272 g/mol. The highest BCUT2D eigenvalue weighted by atomic mass is 35.5. The first kappa shape index (κ1) is 12.2. The van der Waals surface area contributed by atoms with Gasteiger partial charge in [-0.05, 0) is 36.6 Å². The van der Waals surface area contributed by atoms with Gasteiger partial charge in [0.05, 0.1) is 5.41 Å². The van der Waals surface area contributed by atoms with Crippen molar-refractivity contribution in [3.05, 3.63) is 59.4 Å². The van der Waals surface area contributed by atoms with E-state index in [2.05, 4.69) is 10.3 Å². The lowest BCUT2D eigenvalue weighted by Gasteiger charge is -2.17. The second kappa shape index (κ2) is 4.67. The molecule has 1 aliphatic rings. The van der Waals surface area contributed by atoms with Crippen LogP contribution in [0.15, 0.2) is 48.8 Å². The zero-order valence-electron chi connectivity index (χ0n) is 10.3. The summed E-state index contributed by atoms with van der Waals surface area (Å²) < 4.78 is 0. The number of hydrogen-bond donors (Lipinski definition) is 1. The Morgan fingerprint density at radius 1 is 1.16 bits per heavy atom. The zero-order chi connectivity index (χ0) is 13.3. The molecule has 96 valence electrons. The average molecular weight is 273 g/mol. The maximum Gasteiger partial charge on any atom is 0.235 e. The molecule has 1 saturated carbocycles. The summed E-state index contributed by atoms with van der Waals surface area (Å²) >= 11 is 6.21. The number of rotatable bonds is 3. The maximum atomic E-state index is 12.5. The van der Waals surface area contributed by atoms with Gasteiger partial charge in [0, 0.05) is 23.1 Å². The Morgan fingerprint density at radius 2 is 1.84 bits per heavy atom. The quantitative estimate of drug-likeness (QED) is 0.930. The zero-order valence-corrected chi connectivity index (χ0v) is 11.0. The largest absolute Gasteiger partial charge is 0.325 e. The number of benzene rings is 1. The Labute approximate surface area is 116 Å². The Bertz CT molecular complexity index is 609. The molecule has 1 N–H and O–H groups in total. The van der Waals surface area contributed by atoms with Gasteiger partial charge in [-0.25, -0.2) is 0 Å². The lowest BCUT2D eigenvalue weighted by Crippen LogP contribution is -2.28. The van der Waals surface area contributed by atoms with Crippen molar-refractivity contribution < 1.29 is 4.79 Å². The van der Waals surface area contributed by atoms with Crippen LogP contribution in [0.3, 0.4) is 0 Å². The van der Waals surface area contributed by atoms with Crippen molar-refractivity contribution in [3.8, 4) is 0 Å². The van der Waals surface area contributed by atoms with E-state index in [9.17, 15) is 4.79 Å². The van der Waals surface area contributed by atoms with Gasteiger partial charge in [-0.2, -0.15) is 0 Å². The summed E-state index contributed by atoms with van der Waals surface area (Å²) in [6.07, 6.45) is 5.00. The van der Waals surface area contributed by atoms with Gasteiger partial charge in [-0.1, -0.05) is 29.8 Å². The van der Waals surface area contributed by atoms with Gasteiger partial charge in [0.1, 0.15) is 0 Å². The first-order chi connectivity index (χ1) is 9.22. The Morgan fingerprint density at radius 3 is 2.47 bits per heavy atom. The minimum Gasteiger partial charge on any atom is -0.325 e. The molecule has 3 rings (SSSR count). The number of halogens is 1. The fourth-order valence-corrected chi connectivity index (χ4v) is 2.60. The highest BCUT2D eigenvalue weighted by Gasteiger charge is 2.52. The number of pyridine rings is 1. The molecule has 1 aromatic heterocycles. The smallest absolute Gasteiger partial charge is 0.235 e. The lowest BCUT2D eigenvalue weighted by molar-refractivity contribution is -0.118.